The Hall–Kier alpha value is -0.510. The zero-order chi connectivity index (χ0) is 11.7. The Bertz CT molecular complexity index is 376. The first-order valence-electron chi connectivity index (χ1n) is 5.27. The molecule has 2 rings (SSSR count). The quantitative estimate of drug-likeness (QED) is 0.726. The van der Waals surface area contributed by atoms with Gasteiger partial charge in [0.25, 0.3) is 0 Å². The molecule has 1 aliphatic rings. The highest BCUT2D eigenvalue weighted by Crippen LogP contribution is 2.29. The second-order valence-corrected chi connectivity index (χ2v) is 4.92. The lowest BCUT2D eigenvalue weighted by atomic mass is 10.2. The highest BCUT2D eigenvalue weighted by molar-refractivity contribution is 6.34. The van der Waals surface area contributed by atoms with Crippen LogP contribution < -0.4 is 4.90 Å². The zero-order valence-electron chi connectivity index (χ0n) is 9.28. The van der Waals surface area contributed by atoms with Gasteiger partial charge in [0.05, 0.1) is 22.9 Å². The van der Waals surface area contributed by atoms with E-state index in [9.17, 15) is 0 Å². The maximum Gasteiger partial charge on any atom is 0.131 e. The number of aromatic nitrogens is 1. The summed E-state index contributed by atoms with van der Waals surface area (Å²) in [4.78, 5) is 6.14. The first-order valence-corrected chi connectivity index (χ1v) is 6.03. The average molecular weight is 261 g/mol. The summed E-state index contributed by atoms with van der Waals surface area (Å²) in [5.74, 6) is 0. The molecule has 0 aliphatic carbocycles. The van der Waals surface area contributed by atoms with Crippen molar-refractivity contribution in [1.82, 2.24) is 4.98 Å². The molecule has 1 aromatic heterocycles. The summed E-state index contributed by atoms with van der Waals surface area (Å²) in [5, 5.41) is 1.09. The van der Waals surface area contributed by atoms with Crippen molar-refractivity contribution in [3.63, 3.8) is 0 Å². The van der Waals surface area contributed by atoms with Crippen molar-refractivity contribution < 1.29 is 4.74 Å². The second kappa shape index (κ2) is 4.78. The van der Waals surface area contributed by atoms with E-state index in [-0.39, 0.29) is 12.2 Å². The van der Waals surface area contributed by atoms with Crippen LogP contribution in [0, 0.1) is 0 Å². The normalized spacial score (nSPS) is 25.9. The third-order valence-corrected chi connectivity index (χ3v) is 3.06. The summed E-state index contributed by atoms with van der Waals surface area (Å²) >= 11 is 12.0. The Labute approximate surface area is 105 Å². The molecule has 0 radical (unpaired) electrons. The molecule has 1 aromatic rings. The summed E-state index contributed by atoms with van der Waals surface area (Å²) in [6, 6.07) is 1.80. The van der Waals surface area contributed by atoms with E-state index in [1.807, 2.05) is 0 Å². The molecule has 16 heavy (non-hydrogen) atoms. The van der Waals surface area contributed by atoms with Gasteiger partial charge >= 0.3 is 0 Å². The molecule has 0 unspecified atom stereocenters. The fourth-order valence-corrected chi connectivity index (χ4v) is 2.40. The number of hydrogen-bond acceptors (Lipinski definition) is 3. The van der Waals surface area contributed by atoms with E-state index < -0.39 is 0 Å². The van der Waals surface area contributed by atoms with E-state index in [1.165, 1.54) is 0 Å². The second-order valence-electron chi connectivity index (χ2n) is 4.12. The zero-order valence-corrected chi connectivity index (χ0v) is 10.8. The van der Waals surface area contributed by atoms with Gasteiger partial charge in [0.2, 0.25) is 0 Å². The first-order chi connectivity index (χ1) is 7.56. The van der Waals surface area contributed by atoms with Gasteiger partial charge in [0.15, 0.2) is 0 Å². The van der Waals surface area contributed by atoms with Crippen LogP contribution in [-0.2, 0) is 4.74 Å². The first kappa shape index (κ1) is 12.0. The molecule has 0 aromatic carbocycles. The minimum absolute atomic E-state index is 0.201. The van der Waals surface area contributed by atoms with Crippen molar-refractivity contribution >= 4 is 28.9 Å². The van der Waals surface area contributed by atoms with Crippen LogP contribution >= 0.6 is 23.2 Å². The van der Waals surface area contributed by atoms with Gasteiger partial charge in [-0.05, 0) is 13.8 Å². The Morgan fingerprint density at radius 3 is 2.56 bits per heavy atom. The van der Waals surface area contributed by atoms with Crippen LogP contribution in [0.1, 0.15) is 13.8 Å². The largest absolute Gasteiger partial charge is 0.372 e. The molecule has 0 saturated carbocycles. The number of hydrogen-bond donors (Lipinski definition) is 0. The standard InChI is InChI=1S/C11H14Cl2N2O/c1-7-5-15(6-8(2)16-7)10-3-11(13)14-4-9(10)12/h3-4,7-8H,5-6H2,1-2H3/t7-,8+. The molecule has 0 spiro atoms. The number of pyridine rings is 1. The van der Waals surface area contributed by atoms with Crippen LogP contribution in [0.25, 0.3) is 0 Å². The SMILES string of the molecule is C[C@@H]1CN(c2cc(Cl)ncc2Cl)C[C@H](C)O1. The van der Waals surface area contributed by atoms with E-state index in [0.717, 1.165) is 18.8 Å². The monoisotopic (exact) mass is 260 g/mol. The maximum atomic E-state index is 6.12. The highest BCUT2D eigenvalue weighted by Gasteiger charge is 2.23. The molecular formula is C11H14Cl2N2O. The lowest BCUT2D eigenvalue weighted by Crippen LogP contribution is -2.45. The number of anilines is 1. The predicted octanol–water partition coefficient (Wildman–Crippen LogP) is 3.00. The van der Waals surface area contributed by atoms with E-state index in [2.05, 4.69) is 23.7 Å². The van der Waals surface area contributed by atoms with E-state index in [0.29, 0.717) is 10.2 Å². The Kier molecular flexibility index (Phi) is 3.57. The van der Waals surface area contributed by atoms with Crippen molar-refractivity contribution in [2.75, 3.05) is 18.0 Å². The predicted molar refractivity (Wildman–Crippen MR) is 66.5 cm³/mol. The van der Waals surface area contributed by atoms with Gasteiger partial charge in [0.1, 0.15) is 5.15 Å². The summed E-state index contributed by atoms with van der Waals surface area (Å²) in [6.07, 6.45) is 1.99. The maximum absolute atomic E-state index is 6.12. The van der Waals surface area contributed by atoms with Crippen molar-refractivity contribution in [3.8, 4) is 0 Å². The molecule has 0 N–H and O–H groups in total. The van der Waals surface area contributed by atoms with Crippen LogP contribution in [-0.4, -0.2) is 30.3 Å². The molecule has 2 atom stereocenters. The third-order valence-electron chi connectivity index (χ3n) is 2.56. The Balaban J connectivity index is 2.25. The molecule has 5 heteroatoms. The summed E-state index contributed by atoms with van der Waals surface area (Å²) in [7, 11) is 0. The molecule has 88 valence electrons. The van der Waals surface area contributed by atoms with Crippen LogP contribution in [0.5, 0.6) is 0 Å². The van der Waals surface area contributed by atoms with Crippen LogP contribution in [0.3, 0.4) is 0 Å². The fourth-order valence-electron chi connectivity index (χ4n) is 2.02. The van der Waals surface area contributed by atoms with Crippen LogP contribution in [0.4, 0.5) is 5.69 Å². The number of ether oxygens (including phenoxy) is 1. The van der Waals surface area contributed by atoms with Crippen molar-refractivity contribution in [3.05, 3.63) is 22.4 Å². The average Bonchev–Trinajstić information content (AvgIpc) is 2.20. The minimum atomic E-state index is 0.201. The molecule has 1 saturated heterocycles. The van der Waals surface area contributed by atoms with Gasteiger partial charge in [-0.15, -0.1) is 0 Å². The van der Waals surface area contributed by atoms with Gasteiger partial charge in [0, 0.05) is 25.4 Å². The van der Waals surface area contributed by atoms with Crippen LogP contribution in [0.2, 0.25) is 10.2 Å². The molecule has 1 fully saturated rings. The summed E-state index contributed by atoms with van der Waals surface area (Å²) in [6.45, 7) is 5.76. The number of morpholine rings is 1. The highest BCUT2D eigenvalue weighted by atomic mass is 35.5. The van der Waals surface area contributed by atoms with Gasteiger partial charge in [-0.25, -0.2) is 4.98 Å². The Morgan fingerprint density at radius 1 is 1.31 bits per heavy atom. The van der Waals surface area contributed by atoms with Crippen molar-refractivity contribution in [2.45, 2.75) is 26.1 Å². The smallest absolute Gasteiger partial charge is 0.131 e. The molecule has 0 amide bonds. The van der Waals surface area contributed by atoms with E-state index in [1.54, 1.807) is 12.3 Å². The molecule has 0 bridgehead atoms. The fraction of sp³-hybridized carbons (Fsp3) is 0.545. The van der Waals surface area contributed by atoms with E-state index in [4.69, 9.17) is 27.9 Å². The molecule has 3 nitrogen and oxygen atoms in total. The van der Waals surface area contributed by atoms with Crippen LogP contribution in [0.15, 0.2) is 12.3 Å². The van der Waals surface area contributed by atoms with Gasteiger partial charge in [-0.2, -0.15) is 0 Å². The Morgan fingerprint density at radius 2 is 1.94 bits per heavy atom. The molecule has 2 heterocycles. The number of halogens is 2. The van der Waals surface area contributed by atoms with Crippen molar-refractivity contribution in [2.24, 2.45) is 0 Å². The lowest BCUT2D eigenvalue weighted by Gasteiger charge is -2.37. The van der Waals surface area contributed by atoms with Gasteiger partial charge in [-0.1, -0.05) is 23.2 Å². The third kappa shape index (κ3) is 2.59. The summed E-state index contributed by atoms with van der Waals surface area (Å²) < 4.78 is 5.67. The number of nitrogens with zero attached hydrogens (tertiary/aromatic N) is 2. The molecular weight excluding hydrogens is 247 g/mol. The lowest BCUT2D eigenvalue weighted by molar-refractivity contribution is -0.00521. The number of rotatable bonds is 1. The van der Waals surface area contributed by atoms with Crippen molar-refractivity contribution in [1.29, 1.82) is 0 Å². The van der Waals surface area contributed by atoms with Gasteiger partial charge in [-0.3, -0.25) is 0 Å². The topological polar surface area (TPSA) is 25.4 Å². The summed E-state index contributed by atoms with van der Waals surface area (Å²) in [5.41, 5.74) is 0.934. The van der Waals surface area contributed by atoms with E-state index >= 15 is 0 Å². The van der Waals surface area contributed by atoms with Gasteiger partial charge < -0.3 is 9.64 Å². The molecule has 1 aliphatic heterocycles. The minimum Gasteiger partial charge on any atom is -0.372 e.